The van der Waals surface area contributed by atoms with Crippen LogP contribution in [0.3, 0.4) is 0 Å². The second-order valence-corrected chi connectivity index (χ2v) is 8.11. The molecule has 0 aliphatic heterocycles. The van der Waals surface area contributed by atoms with E-state index in [1.807, 2.05) is 42.5 Å². The van der Waals surface area contributed by atoms with E-state index >= 15 is 0 Å². The average Bonchev–Trinajstić information content (AvgIpc) is 3.03. The summed E-state index contributed by atoms with van der Waals surface area (Å²) in [5.74, 6) is 0. The van der Waals surface area contributed by atoms with Crippen molar-refractivity contribution in [1.29, 1.82) is 0 Å². The van der Waals surface area contributed by atoms with E-state index in [-0.39, 0.29) is 6.54 Å². The van der Waals surface area contributed by atoms with Gasteiger partial charge < -0.3 is 4.98 Å². The van der Waals surface area contributed by atoms with Crippen molar-refractivity contribution in [3.05, 3.63) is 65.4 Å². The Morgan fingerprint density at radius 3 is 2.58 bits per heavy atom. The summed E-state index contributed by atoms with van der Waals surface area (Å²) in [6.07, 6.45) is 4.36. The number of aryl methyl sites for hydroxylation is 2. The predicted octanol–water partition coefficient (Wildman–Crippen LogP) is 3.53. The first-order valence-corrected chi connectivity index (χ1v) is 9.78. The lowest BCUT2D eigenvalue weighted by Gasteiger charge is -2.16. The molecule has 0 saturated carbocycles. The number of para-hydroxylation sites is 1. The monoisotopic (exact) mass is 340 g/mol. The molecule has 124 valence electrons. The number of aromatic amines is 1. The van der Waals surface area contributed by atoms with Crippen molar-refractivity contribution < 1.29 is 8.42 Å². The molecule has 0 atom stereocenters. The molecule has 0 saturated heterocycles. The zero-order valence-corrected chi connectivity index (χ0v) is 14.2. The van der Waals surface area contributed by atoms with Crippen molar-refractivity contribution in [1.82, 2.24) is 9.71 Å². The van der Waals surface area contributed by atoms with Crippen molar-refractivity contribution in [2.75, 3.05) is 0 Å². The molecule has 0 radical (unpaired) electrons. The van der Waals surface area contributed by atoms with Crippen LogP contribution in [0.15, 0.2) is 53.4 Å². The second-order valence-electron chi connectivity index (χ2n) is 6.34. The summed E-state index contributed by atoms with van der Waals surface area (Å²) in [6, 6.07) is 15.4. The fourth-order valence-electron chi connectivity index (χ4n) is 3.36. The molecule has 0 spiro atoms. The summed E-state index contributed by atoms with van der Waals surface area (Å²) < 4.78 is 27.9. The predicted molar refractivity (Wildman–Crippen MR) is 95.4 cm³/mol. The van der Waals surface area contributed by atoms with Gasteiger partial charge in [-0.05, 0) is 66.5 Å². The first-order valence-electron chi connectivity index (χ1n) is 8.30. The molecule has 4 nitrogen and oxygen atoms in total. The average molecular weight is 340 g/mol. The van der Waals surface area contributed by atoms with E-state index < -0.39 is 10.0 Å². The fraction of sp³-hybridized carbons (Fsp3) is 0.263. The Kier molecular flexibility index (Phi) is 3.90. The third kappa shape index (κ3) is 2.97. The van der Waals surface area contributed by atoms with Gasteiger partial charge in [0.05, 0.1) is 11.4 Å². The number of rotatable bonds is 4. The van der Waals surface area contributed by atoms with E-state index in [4.69, 9.17) is 0 Å². The highest BCUT2D eigenvalue weighted by Crippen LogP contribution is 2.24. The number of H-pyrrole nitrogens is 1. The molecule has 2 aromatic carbocycles. The summed E-state index contributed by atoms with van der Waals surface area (Å²) in [6.45, 7) is 0.258. The summed E-state index contributed by atoms with van der Waals surface area (Å²) in [5.41, 5.74) is 4.34. The molecule has 0 unspecified atom stereocenters. The summed E-state index contributed by atoms with van der Waals surface area (Å²) >= 11 is 0. The number of hydrogen-bond donors (Lipinski definition) is 2. The minimum atomic E-state index is -3.50. The van der Waals surface area contributed by atoms with Crippen molar-refractivity contribution in [3.8, 4) is 0 Å². The number of benzene rings is 2. The Labute approximate surface area is 142 Å². The maximum absolute atomic E-state index is 12.6. The summed E-state index contributed by atoms with van der Waals surface area (Å²) in [4.78, 5) is 3.60. The molecule has 5 heteroatoms. The van der Waals surface area contributed by atoms with Crippen molar-refractivity contribution in [2.45, 2.75) is 37.1 Å². The number of sulfonamides is 1. The van der Waals surface area contributed by atoms with Gasteiger partial charge in [0.15, 0.2) is 0 Å². The SMILES string of the molecule is O=S(=O)(NCc1cc2ccccc2[nH]1)c1ccc2c(c1)CCCC2. The van der Waals surface area contributed by atoms with Crippen molar-refractivity contribution in [3.63, 3.8) is 0 Å². The van der Waals surface area contributed by atoms with Crippen LogP contribution in [0.2, 0.25) is 0 Å². The molecular formula is C19H20N2O2S. The Hall–Kier alpha value is -2.11. The van der Waals surface area contributed by atoms with Gasteiger partial charge in [-0.1, -0.05) is 24.3 Å². The van der Waals surface area contributed by atoms with E-state index in [2.05, 4.69) is 9.71 Å². The normalized spacial score (nSPS) is 14.7. The number of fused-ring (bicyclic) bond motifs is 2. The first kappa shape index (κ1) is 15.4. The summed E-state index contributed by atoms with van der Waals surface area (Å²) in [5, 5.41) is 1.08. The molecule has 0 amide bonds. The van der Waals surface area contributed by atoms with Crippen LogP contribution in [-0.2, 0) is 29.4 Å². The van der Waals surface area contributed by atoms with E-state index in [0.717, 1.165) is 35.9 Å². The Morgan fingerprint density at radius 2 is 1.75 bits per heavy atom. The Bertz CT molecular complexity index is 957. The maximum atomic E-state index is 12.6. The highest BCUT2D eigenvalue weighted by Gasteiger charge is 2.17. The first-order chi connectivity index (χ1) is 11.6. The molecule has 1 aromatic heterocycles. The quantitative estimate of drug-likeness (QED) is 0.763. The fourth-order valence-corrected chi connectivity index (χ4v) is 4.42. The second kappa shape index (κ2) is 6.07. The van der Waals surface area contributed by atoms with Crippen LogP contribution in [0.1, 0.15) is 29.7 Å². The van der Waals surface area contributed by atoms with Crippen LogP contribution in [0.4, 0.5) is 0 Å². The van der Waals surface area contributed by atoms with E-state index in [0.29, 0.717) is 4.90 Å². The largest absolute Gasteiger partial charge is 0.357 e. The van der Waals surface area contributed by atoms with Crippen LogP contribution in [0.5, 0.6) is 0 Å². The standard InChI is InChI=1S/C19H20N2O2S/c22-24(23,18-10-9-14-5-1-2-6-15(14)12-18)20-13-17-11-16-7-3-4-8-19(16)21-17/h3-4,7-12,20-21H,1-2,5-6,13H2. The van der Waals surface area contributed by atoms with Gasteiger partial charge in [0.1, 0.15) is 0 Å². The smallest absolute Gasteiger partial charge is 0.240 e. The lowest BCUT2D eigenvalue weighted by atomic mass is 9.92. The van der Waals surface area contributed by atoms with Crippen LogP contribution in [0, 0.1) is 0 Å². The Morgan fingerprint density at radius 1 is 0.958 bits per heavy atom. The highest BCUT2D eigenvalue weighted by molar-refractivity contribution is 7.89. The minimum absolute atomic E-state index is 0.258. The van der Waals surface area contributed by atoms with Gasteiger partial charge in [0.25, 0.3) is 0 Å². The van der Waals surface area contributed by atoms with Gasteiger partial charge >= 0.3 is 0 Å². The number of nitrogens with one attached hydrogen (secondary N) is 2. The van der Waals surface area contributed by atoms with Gasteiger partial charge in [-0.15, -0.1) is 0 Å². The maximum Gasteiger partial charge on any atom is 0.240 e. The third-order valence-electron chi connectivity index (χ3n) is 4.67. The van der Waals surface area contributed by atoms with Crippen LogP contribution >= 0.6 is 0 Å². The van der Waals surface area contributed by atoms with Gasteiger partial charge in [-0.3, -0.25) is 0 Å². The van der Waals surface area contributed by atoms with Gasteiger partial charge in [0.2, 0.25) is 10.0 Å². The van der Waals surface area contributed by atoms with Crippen LogP contribution in [-0.4, -0.2) is 13.4 Å². The lowest BCUT2D eigenvalue weighted by molar-refractivity contribution is 0.580. The van der Waals surface area contributed by atoms with Crippen LogP contribution < -0.4 is 4.72 Å². The molecule has 24 heavy (non-hydrogen) atoms. The van der Waals surface area contributed by atoms with E-state index in [1.54, 1.807) is 6.07 Å². The molecule has 0 fully saturated rings. The van der Waals surface area contributed by atoms with Gasteiger partial charge in [-0.2, -0.15) is 0 Å². The van der Waals surface area contributed by atoms with Gasteiger partial charge in [0, 0.05) is 11.2 Å². The zero-order valence-electron chi connectivity index (χ0n) is 13.4. The molecular weight excluding hydrogens is 320 g/mol. The number of aromatic nitrogens is 1. The summed E-state index contributed by atoms with van der Waals surface area (Å²) in [7, 11) is -3.50. The third-order valence-corrected chi connectivity index (χ3v) is 6.07. The lowest BCUT2D eigenvalue weighted by Crippen LogP contribution is -2.23. The topological polar surface area (TPSA) is 62.0 Å². The van der Waals surface area contributed by atoms with E-state index in [1.165, 1.54) is 17.5 Å². The Balaban J connectivity index is 1.54. The van der Waals surface area contributed by atoms with E-state index in [9.17, 15) is 8.42 Å². The van der Waals surface area contributed by atoms with Crippen molar-refractivity contribution >= 4 is 20.9 Å². The zero-order chi connectivity index (χ0) is 16.6. The molecule has 4 rings (SSSR count). The molecule has 2 N–H and O–H groups in total. The van der Waals surface area contributed by atoms with Crippen molar-refractivity contribution in [2.24, 2.45) is 0 Å². The minimum Gasteiger partial charge on any atom is -0.357 e. The van der Waals surface area contributed by atoms with Crippen LogP contribution in [0.25, 0.3) is 10.9 Å². The molecule has 1 aliphatic rings. The molecule has 1 aliphatic carbocycles. The highest BCUT2D eigenvalue weighted by atomic mass is 32.2. The molecule has 1 heterocycles. The number of hydrogen-bond acceptors (Lipinski definition) is 2. The molecule has 3 aromatic rings. The van der Waals surface area contributed by atoms with Gasteiger partial charge in [-0.25, -0.2) is 13.1 Å². The molecule has 0 bridgehead atoms.